The van der Waals surface area contributed by atoms with Gasteiger partial charge in [0.15, 0.2) is 11.9 Å². The molecule has 1 N–H and O–H groups in total. The van der Waals surface area contributed by atoms with Crippen LogP contribution in [0.3, 0.4) is 0 Å². The van der Waals surface area contributed by atoms with E-state index in [2.05, 4.69) is 10.3 Å². The maximum atomic E-state index is 12.1. The SMILES string of the molecule is C[C@H](OC(=O)c1ccc(N(C)C)cc1)C(=O)Nc1ncc(Cl)cc1Cl. The van der Waals surface area contributed by atoms with Crippen LogP contribution < -0.4 is 10.2 Å². The lowest BCUT2D eigenvalue weighted by atomic mass is 10.2. The van der Waals surface area contributed by atoms with Crippen LogP contribution in [0.15, 0.2) is 36.5 Å². The normalized spacial score (nSPS) is 11.6. The molecule has 8 heteroatoms. The van der Waals surface area contributed by atoms with Gasteiger partial charge in [0.25, 0.3) is 5.91 Å². The number of aromatic nitrogens is 1. The summed E-state index contributed by atoms with van der Waals surface area (Å²) in [5, 5.41) is 3.04. The van der Waals surface area contributed by atoms with Crippen LogP contribution in [-0.4, -0.2) is 37.1 Å². The van der Waals surface area contributed by atoms with Gasteiger partial charge in [-0.3, -0.25) is 4.79 Å². The summed E-state index contributed by atoms with van der Waals surface area (Å²) in [6.07, 6.45) is 0.334. The summed E-state index contributed by atoms with van der Waals surface area (Å²) < 4.78 is 5.17. The summed E-state index contributed by atoms with van der Waals surface area (Å²) in [6, 6.07) is 8.31. The molecule has 1 heterocycles. The molecule has 1 atom stereocenters. The third-order valence-corrected chi connectivity index (χ3v) is 3.82. The van der Waals surface area contributed by atoms with Crippen LogP contribution in [-0.2, 0) is 9.53 Å². The fraction of sp³-hybridized carbons (Fsp3) is 0.235. The Labute approximate surface area is 155 Å². The number of rotatable bonds is 5. The number of amides is 1. The number of hydrogen-bond acceptors (Lipinski definition) is 5. The Morgan fingerprint density at radius 3 is 2.40 bits per heavy atom. The van der Waals surface area contributed by atoms with E-state index in [0.29, 0.717) is 10.6 Å². The van der Waals surface area contributed by atoms with E-state index in [1.165, 1.54) is 19.2 Å². The van der Waals surface area contributed by atoms with E-state index in [1.54, 1.807) is 24.3 Å². The van der Waals surface area contributed by atoms with Crippen LogP contribution >= 0.6 is 23.2 Å². The van der Waals surface area contributed by atoms with Crippen molar-refractivity contribution in [3.63, 3.8) is 0 Å². The zero-order valence-corrected chi connectivity index (χ0v) is 15.4. The Morgan fingerprint density at radius 1 is 1.20 bits per heavy atom. The second-order valence-corrected chi connectivity index (χ2v) is 6.31. The fourth-order valence-electron chi connectivity index (χ4n) is 1.90. The van der Waals surface area contributed by atoms with Gasteiger partial charge in [0, 0.05) is 26.0 Å². The molecule has 2 aromatic rings. The van der Waals surface area contributed by atoms with Gasteiger partial charge >= 0.3 is 5.97 Å². The Morgan fingerprint density at radius 2 is 1.84 bits per heavy atom. The quantitative estimate of drug-likeness (QED) is 0.800. The van der Waals surface area contributed by atoms with Crippen molar-refractivity contribution >= 4 is 46.6 Å². The number of pyridine rings is 1. The van der Waals surface area contributed by atoms with Crippen LogP contribution in [0.5, 0.6) is 0 Å². The monoisotopic (exact) mass is 381 g/mol. The molecule has 0 aliphatic rings. The summed E-state index contributed by atoms with van der Waals surface area (Å²) >= 11 is 11.7. The van der Waals surface area contributed by atoms with Gasteiger partial charge in [0.2, 0.25) is 0 Å². The number of anilines is 2. The standard InChI is InChI=1S/C17H17Cl2N3O3/c1-10(16(23)21-15-14(19)8-12(18)9-20-15)25-17(24)11-4-6-13(7-5-11)22(2)3/h4-10H,1-3H3,(H,20,21,23)/t10-/m0/s1. The van der Waals surface area contributed by atoms with Crippen LogP contribution in [0.4, 0.5) is 11.5 Å². The Balaban J connectivity index is 1.99. The topological polar surface area (TPSA) is 71.5 Å². The van der Waals surface area contributed by atoms with Gasteiger partial charge in [-0.05, 0) is 37.3 Å². The lowest BCUT2D eigenvalue weighted by Crippen LogP contribution is -2.30. The Kier molecular flexibility index (Phi) is 6.22. The number of benzene rings is 1. The van der Waals surface area contributed by atoms with E-state index in [4.69, 9.17) is 27.9 Å². The number of halogens is 2. The first-order valence-corrected chi connectivity index (χ1v) is 8.14. The third kappa shape index (κ3) is 5.08. The lowest BCUT2D eigenvalue weighted by molar-refractivity contribution is -0.123. The zero-order chi connectivity index (χ0) is 18.6. The van der Waals surface area contributed by atoms with Gasteiger partial charge in [0.05, 0.1) is 15.6 Å². The second-order valence-electron chi connectivity index (χ2n) is 5.46. The van der Waals surface area contributed by atoms with E-state index in [1.807, 2.05) is 19.0 Å². The summed E-state index contributed by atoms with van der Waals surface area (Å²) in [7, 11) is 3.80. The van der Waals surface area contributed by atoms with Crippen molar-refractivity contribution in [2.24, 2.45) is 0 Å². The van der Waals surface area contributed by atoms with Gasteiger partial charge < -0.3 is 15.0 Å². The second kappa shape index (κ2) is 8.18. The largest absolute Gasteiger partial charge is 0.449 e. The number of hydrogen-bond donors (Lipinski definition) is 1. The molecule has 0 saturated heterocycles. The van der Waals surface area contributed by atoms with Gasteiger partial charge in [-0.1, -0.05) is 23.2 Å². The molecule has 0 aliphatic carbocycles. The van der Waals surface area contributed by atoms with Crippen molar-refractivity contribution in [3.05, 3.63) is 52.1 Å². The average molecular weight is 382 g/mol. The molecular weight excluding hydrogens is 365 g/mol. The molecule has 0 fully saturated rings. The molecule has 0 saturated carbocycles. The zero-order valence-electron chi connectivity index (χ0n) is 13.9. The molecule has 2 rings (SSSR count). The number of esters is 1. The van der Waals surface area contributed by atoms with Crippen molar-refractivity contribution < 1.29 is 14.3 Å². The van der Waals surface area contributed by atoms with Crippen LogP contribution in [0.25, 0.3) is 0 Å². The van der Waals surface area contributed by atoms with E-state index in [0.717, 1.165) is 5.69 Å². The highest BCUT2D eigenvalue weighted by molar-refractivity contribution is 6.36. The minimum atomic E-state index is -1.02. The maximum absolute atomic E-state index is 12.1. The average Bonchev–Trinajstić information content (AvgIpc) is 2.57. The molecule has 0 spiro atoms. The Hall–Kier alpha value is -2.31. The maximum Gasteiger partial charge on any atom is 0.338 e. The third-order valence-electron chi connectivity index (χ3n) is 3.32. The molecule has 0 aliphatic heterocycles. The van der Waals surface area contributed by atoms with Crippen molar-refractivity contribution in [1.82, 2.24) is 4.98 Å². The van der Waals surface area contributed by atoms with Crippen LogP contribution in [0.1, 0.15) is 17.3 Å². The summed E-state index contributed by atoms with van der Waals surface area (Å²) in [5.41, 5.74) is 1.30. The molecule has 25 heavy (non-hydrogen) atoms. The molecule has 0 unspecified atom stereocenters. The van der Waals surface area contributed by atoms with E-state index >= 15 is 0 Å². The first kappa shape index (κ1) is 19.0. The summed E-state index contributed by atoms with van der Waals surface area (Å²) in [4.78, 5) is 30.1. The highest BCUT2D eigenvalue weighted by Gasteiger charge is 2.20. The van der Waals surface area contributed by atoms with E-state index < -0.39 is 18.0 Å². The van der Waals surface area contributed by atoms with Crippen molar-refractivity contribution in [2.45, 2.75) is 13.0 Å². The highest BCUT2D eigenvalue weighted by atomic mass is 35.5. The lowest BCUT2D eigenvalue weighted by Gasteiger charge is -2.15. The first-order valence-electron chi connectivity index (χ1n) is 7.38. The number of nitrogens with zero attached hydrogens (tertiary/aromatic N) is 2. The highest BCUT2D eigenvalue weighted by Crippen LogP contribution is 2.22. The van der Waals surface area contributed by atoms with Gasteiger partial charge in [-0.25, -0.2) is 9.78 Å². The van der Waals surface area contributed by atoms with Gasteiger partial charge in [-0.15, -0.1) is 0 Å². The predicted molar refractivity (Wildman–Crippen MR) is 98.5 cm³/mol. The summed E-state index contributed by atoms with van der Waals surface area (Å²) in [5.74, 6) is -0.993. The molecule has 0 bridgehead atoms. The minimum Gasteiger partial charge on any atom is -0.449 e. The summed E-state index contributed by atoms with van der Waals surface area (Å²) in [6.45, 7) is 1.46. The number of nitrogens with one attached hydrogen (secondary N) is 1. The molecule has 1 amide bonds. The van der Waals surface area contributed by atoms with Crippen LogP contribution in [0.2, 0.25) is 10.0 Å². The molecule has 1 aromatic carbocycles. The molecular formula is C17H17Cl2N3O3. The smallest absolute Gasteiger partial charge is 0.338 e. The molecule has 1 aromatic heterocycles. The predicted octanol–water partition coefficient (Wildman–Crippen LogP) is 3.64. The Bertz CT molecular complexity index is 779. The van der Waals surface area contributed by atoms with Crippen molar-refractivity contribution in [1.29, 1.82) is 0 Å². The molecule has 6 nitrogen and oxygen atoms in total. The van der Waals surface area contributed by atoms with Gasteiger partial charge in [0.1, 0.15) is 0 Å². The molecule has 132 valence electrons. The molecule has 0 radical (unpaired) electrons. The fourth-order valence-corrected chi connectivity index (χ4v) is 2.33. The van der Waals surface area contributed by atoms with E-state index in [9.17, 15) is 9.59 Å². The number of carbonyl (C=O) groups excluding carboxylic acids is 2. The van der Waals surface area contributed by atoms with Crippen molar-refractivity contribution in [3.8, 4) is 0 Å². The van der Waals surface area contributed by atoms with Crippen LogP contribution in [0, 0.1) is 0 Å². The number of ether oxygens (including phenoxy) is 1. The minimum absolute atomic E-state index is 0.148. The number of carbonyl (C=O) groups is 2. The first-order chi connectivity index (χ1) is 11.8. The van der Waals surface area contributed by atoms with Crippen molar-refractivity contribution in [2.75, 3.05) is 24.3 Å². The van der Waals surface area contributed by atoms with E-state index in [-0.39, 0.29) is 10.8 Å². The van der Waals surface area contributed by atoms with Gasteiger partial charge in [-0.2, -0.15) is 0 Å².